The van der Waals surface area contributed by atoms with Crippen molar-refractivity contribution in [2.24, 2.45) is 11.1 Å². The van der Waals surface area contributed by atoms with Crippen molar-refractivity contribution >= 4 is 45.6 Å². The van der Waals surface area contributed by atoms with E-state index < -0.39 is 0 Å². The highest BCUT2D eigenvalue weighted by Gasteiger charge is 2.20. The van der Waals surface area contributed by atoms with E-state index in [1.807, 2.05) is 12.4 Å². The number of hydrogen-bond donors (Lipinski definition) is 1. The van der Waals surface area contributed by atoms with Crippen molar-refractivity contribution in [1.82, 2.24) is 4.90 Å². The second-order valence-corrected chi connectivity index (χ2v) is 7.26. The molecule has 0 aliphatic carbocycles. The Morgan fingerprint density at radius 1 is 1.53 bits per heavy atom. The Morgan fingerprint density at radius 2 is 2.16 bits per heavy atom. The number of carbonyl (C=O) groups is 1. The Labute approximate surface area is 134 Å². The summed E-state index contributed by atoms with van der Waals surface area (Å²) >= 11 is 5.10. The lowest BCUT2D eigenvalue weighted by Gasteiger charge is -2.29. The van der Waals surface area contributed by atoms with Crippen molar-refractivity contribution in [3.8, 4) is 0 Å². The summed E-state index contributed by atoms with van der Waals surface area (Å²) in [5.41, 5.74) is 5.66. The second-order valence-electron chi connectivity index (χ2n) is 5.35. The standard InChI is InChI=1S/C13H21BrN2OS.ClH/c1-13(2,8-15)9-16(3)12(17)5-4-11-6-10(14)7-18-11;/h6-7H,4-5,8-9,15H2,1-3H3;1H. The van der Waals surface area contributed by atoms with Crippen molar-refractivity contribution in [3.05, 3.63) is 20.8 Å². The summed E-state index contributed by atoms with van der Waals surface area (Å²) in [6.07, 6.45) is 1.37. The maximum absolute atomic E-state index is 12.0. The fraction of sp³-hybridized carbons (Fsp3) is 0.615. The van der Waals surface area contributed by atoms with Crippen LogP contribution < -0.4 is 5.73 Å². The Hall–Kier alpha value is -0.100. The van der Waals surface area contributed by atoms with Crippen LogP contribution in [0.25, 0.3) is 0 Å². The number of amides is 1. The predicted octanol–water partition coefficient (Wildman–Crippen LogP) is 3.31. The predicted molar refractivity (Wildman–Crippen MR) is 88.1 cm³/mol. The molecule has 0 atom stereocenters. The first-order valence-electron chi connectivity index (χ1n) is 6.01. The molecule has 0 spiro atoms. The van der Waals surface area contributed by atoms with Gasteiger partial charge < -0.3 is 10.6 Å². The van der Waals surface area contributed by atoms with Gasteiger partial charge in [-0.1, -0.05) is 13.8 Å². The zero-order valence-electron chi connectivity index (χ0n) is 11.6. The summed E-state index contributed by atoms with van der Waals surface area (Å²) in [5.74, 6) is 0.182. The van der Waals surface area contributed by atoms with Gasteiger partial charge >= 0.3 is 0 Å². The van der Waals surface area contributed by atoms with Gasteiger partial charge in [-0.25, -0.2) is 0 Å². The van der Waals surface area contributed by atoms with Crippen LogP contribution in [0.2, 0.25) is 0 Å². The van der Waals surface area contributed by atoms with Crippen LogP contribution in [0.3, 0.4) is 0 Å². The molecule has 1 rings (SSSR count). The highest BCUT2D eigenvalue weighted by atomic mass is 79.9. The molecule has 0 fully saturated rings. The lowest BCUT2D eigenvalue weighted by molar-refractivity contribution is -0.131. The Kier molecular flexibility index (Phi) is 8.20. The van der Waals surface area contributed by atoms with Gasteiger partial charge in [0.2, 0.25) is 5.91 Å². The third-order valence-electron chi connectivity index (χ3n) is 2.85. The fourth-order valence-electron chi connectivity index (χ4n) is 1.70. The number of rotatable bonds is 6. The topological polar surface area (TPSA) is 46.3 Å². The fourth-order valence-corrected chi connectivity index (χ4v) is 3.16. The maximum atomic E-state index is 12.0. The smallest absolute Gasteiger partial charge is 0.222 e. The highest BCUT2D eigenvalue weighted by Crippen LogP contribution is 2.21. The van der Waals surface area contributed by atoms with Crippen LogP contribution in [0.4, 0.5) is 0 Å². The molecule has 6 heteroatoms. The highest BCUT2D eigenvalue weighted by molar-refractivity contribution is 9.10. The molecule has 0 aliphatic heterocycles. The molecule has 0 saturated heterocycles. The van der Waals surface area contributed by atoms with Crippen molar-refractivity contribution < 1.29 is 4.79 Å². The van der Waals surface area contributed by atoms with E-state index in [0.29, 0.717) is 19.5 Å². The minimum atomic E-state index is -0.0175. The van der Waals surface area contributed by atoms with Gasteiger partial charge in [0.25, 0.3) is 0 Å². The molecule has 0 bridgehead atoms. The number of hydrogen-bond acceptors (Lipinski definition) is 3. The van der Waals surface area contributed by atoms with Crippen LogP contribution in [0, 0.1) is 5.41 Å². The van der Waals surface area contributed by atoms with Crippen molar-refractivity contribution in [1.29, 1.82) is 0 Å². The number of nitrogens with two attached hydrogens (primary N) is 1. The lowest BCUT2D eigenvalue weighted by Crippen LogP contribution is -2.39. The largest absolute Gasteiger partial charge is 0.345 e. The first kappa shape index (κ1) is 18.9. The molecule has 0 aromatic carbocycles. The molecule has 0 unspecified atom stereocenters. The molecule has 1 aromatic heterocycles. The van der Waals surface area contributed by atoms with Gasteiger partial charge in [0, 0.05) is 34.7 Å². The van der Waals surface area contributed by atoms with E-state index in [2.05, 4.69) is 35.8 Å². The van der Waals surface area contributed by atoms with Crippen LogP contribution in [0.1, 0.15) is 25.1 Å². The first-order chi connectivity index (χ1) is 8.34. The van der Waals surface area contributed by atoms with Crippen molar-refractivity contribution in [2.75, 3.05) is 20.1 Å². The van der Waals surface area contributed by atoms with Gasteiger partial charge in [0.1, 0.15) is 0 Å². The average Bonchev–Trinajstić information content (AvgIpc) is 2.71. The summed E-state index contributed by atoms with van der Waals surface area (Å²) in [7, 11) is 1.85. The molecule has 3 nitrogen and oxygen atoms in total. The molecule has 1 amide bonds. The molecule has 0 radical (unpaired) electrons. The zero-order chi connectivity index (χ0) is 13.8. The number of halogens is 2. The third kappa shape index (κ3) is 6.75. The molecular formula is C13H22BrClN2OS. The Morgan fingerprint density at radius 3 is 2.63 bits per heavy atom. The van der Waals surface area contributed by atoms with Crippen LogP contribution in [0.5, 0.6) is 0 Å². The SMILES string of the molecule is CN(CC(C)(C)CN)C(=O)CCc1cc(Br)cs1.Cl. The number of carbonyl (C=O) groups excluding carboxylic acids is 1. The monoisotopic (exact) mass is 368 g/mol. The molecule has 1 heterocycles. The molecule has 0 aliphatic rings. The lowest BCUT2D eigenvalue weighted by atomic mass is 9.93. The normalized spacial score (nSPS) is 11.0. The van der Waals surface area contributed by atoms with Crippen LogP contribution in [-0.4, -0.2) is 30.9 Å². The van der Waals surface area contributed by atoms with Gasteiger partial charge in [-0.2, -0.15) is 0 Å². The summed E-state index contributed by atoms with van der Waals surface area (Å²) in [6, 6.07) is 2.07. The molecule has 1 aromatic rings. The third-order valence-corrected chi connectivity index (χ3v) is 4.61. The van der Waals surface area contributed by atoms with Crippen LogP contribution in [0.15, 0.2) is 15.9 Å². The molecule has 0 saturated carbocycles. The van der Waals surface area contributed by atoms with Gasteiger partial charge in [-0.15, -0.1) is 23.7 Å². The van der Waals surface area contributed by atoms with Crippen molar-refractivity contribution in [2.45, 2.75) is 26.7 Å². The van der Waals surface area contributed by atoms with Gasteiger partial charge in [0.15, 0.2) is 0 Å². The molecule has 110 valence electrons. The number of thiophene rings is 1. The van der Waals surface area contributed by atoms with Crippen LogP contribution >= 0.6 is 39.7 Å². The van der Waals surface area contributed by atoms with E-state index in [4.69, 9.17) is 5.73 Å². The minimum Gasteiger partial charge on any atom is -0.345 e. The zero-order valence-corrected chi connectivity index (χ0v) is 14.8. The van der Waals surface area contributed by atoms with E-state index in [0.717, 1.165) is 10.9 Å². The molecule has 19 heavy (non-hydrogen) atoms. The summed E-state index contributed by atoms with van der Waals surface area (Å²) in [6.45, 7) is 5.44. The average molecular weight is 370 g/mol. The quantitative estimate of drug-likeness (QED) is 0.836. The van der Waals surface area contributed by atoms with E-state index >= 15 is 0 Å². The second kappa shape index (κ2) is 8.25. The van der Waals surface area contributed by atoms with Gasteiger partial charge in [-0.3, -0.25) is 4.79 Å². The van der Waals surface area contributed by atoms with Gasteiger partial charge in [-0.05, 0) is 40.4 Å². The van der Waals surface area contributed by atoms with E-state index in [-0.39, 0.29) is 23.7 Å². The summed E-state index contributed by atoms with van der Waals surface area (Å²) in [5, 5.41) is 2.04. The molecule has 2 N–H and O–H groups in total. The summed E-state index contributed by atoms with van der Waals surface area (Å²) in [4.78, 5) is 15.0. The van der Waals surface area contributed by atoms with E-state index in [1.54, 1.807) is 16.2 Å². The minimum absolute atomic E-state index is 0. The van der Waals surface area contributed by atoms with Crippen molar-refractivity contribution in [3.63, 3.8) is 0 Å². The first-order valence-corrected chi connectivity index (χ1v) is 7.68. The summed E-state index contributed by atoms with van der Waals surface area (Å²) < 4.78 is 1.09. The maximum Gasteiger partial charge on any atom is 0.222 e. The van der Waals surface area contributed by atoms with E-state index in [9.17, 15) is 4.79 Å². The van der Waals surface area contributed by atoms with Gasteiger partial charge in [0.05, 0.1) is 0 Å². The number of nitrogens with zero attached hydrogens (tertiary/aromatic N) is 1. The molecular weight excluding hydrogens is 348 g/mol. The van der Waals surface area contributed by atoms with E-state index in [1.165, 1.54) is 4.88 Å². The van der Waals surface area contributed by atoms with Crippen LogP contribution in [-0.2, 0) is 11.2 Å². The number of aryl methyl sites for hydroxylation is 1. The Balaban J connectivity index is 0.00000324. The Bertz CT molecular complexity index is 409.